The molecule has 14 heavy (non-hydrogen) atoms. The summed E-state index contributed by atoms with van der Waals surface area (Å²) in [6.07, 6.45) is 2.85. The first-order valence-corrected chi connectivity index (χ1v) is 5.28. The first-order chi connectivity index (χ1) is 6.38. The second-order valence-electron chi connectivity index (χ2n) is 5.05. The van der Waals surface area contributed by atoms with Crippen LogP contribution in [0.15, 0.2) is 0 Å². The predicted octanol–water partition coefficient (Wildman–Crippen LogP) is 1.88. The highest BCUT2D eigenvalue weighted by molar-refractivity contribution is 5.70. The first kappa shape index (κ1) is 11.5. The van der Waals surface area contributed by atoms with Crippen molar-refractivity contribution >= 4 is 5.97 Å². The largest absolute Gasteiger partial charge is 0.460 e. The lowest BCUT2D eigenvalue weighted by molar-refractivity contribution is -0.156. The van der Waals surface area contributed by atoms with E-state index in [1.165, 1.54) is 0 Å². The highest BCUT2D eigenvalue weighted by atomic mass is 16.6. The molecule has 1 aliphatic rings. The average molecular weight is 200 g/mol. The van der Waals surface area contributed by atoms with Gasteiger partial charge in [0.15, 0.2) is 0 Å². The maximum absolute atomic E-state index is 11.4. The average Bonchev–Trinajstić information content (AvgIpc) is 2.32. The minimum atomic E-state index is -0.416. The fourth-order valence-electron chi connectivity index (χ4n) is 1.85. The molecule has 0 spiro atoms. The molecular formula is C11H20O3. The summed E-state index contributed by atoms with van der Waals surface area (Å²) < 4.78 is 5.20. The van der Waals surface area contributed by atoms with E-state index in [0.717, 1.165) is 19.3 Å². The Hall–Kier alpha value is -0.570. The van der Waals surface area contributed by atoms with Crippen LogP contribution in [-0.2, 0) is 9.53 Å². The maximum atomic E-state index is 11.4. The molecule has 1 saturated carbocycles. The van der Waals surface area contributed by atoms with E-state index >= 15 is 0 Å². The molecule has 1 rings (SSSR count). The molecule has 0 bridgehead atoms. The third-order valence-corrected chi connectivity index (χ3v) is 2.47. The monoisotopic (exact) mass is 200 g/mol. The summed E-state index contributed by atoms with van der Waals surface area (Å²) in [5.41, 5.74) is -0.416. The molecule has 0 amide bonds. The smallest absolute Gasteiger partial charge is 0.306 e. The Morgan fingerprint density at radius 2 is 2.07 bits per heavy atom. The topological polar surface area (TPSA) is 46.5 Å². The van der Waals surface area contributed by atoms with Gasteiger partial charge in [-0.1, -0.05) is 6.42 Å². The van der Waals surface area contributed by atoms with Gasteiger partial charge in [-0.3, -0.25) is 4.79 Å². The molecule has 2 atom stereocenters. The van der Waals surface area contributed by atoms with Gasteiger partial charge < -0.3 is 9.84 Å². The summed E-state index contributed by atoms with van der Waals surface area (Å²) in [6.45, 7) is 5.57. The van der Waals surface area contributed by atoms with Gasteiger partial charge in [0, 0.05) is 0 Å². The van der Waals surface area contributed by atoms with Crippen molar-refractivity contribution in [2.75, 3.05) is 0 Å². The Bertz CT molecular complexity index is 205. The van der Waals surface area contributed by atoms with Crippen LogP contribution < -0.4 is 0 Å². The second-order valence-corrected chi connectivity index (χ2v) is 5.05. The van der Waals surface area contributed by atoms with Gasteiger partial charge >= 0.3 is 5.97 Å². The summed E-state index contributed by atoms with van der Waals surface area (Å²) in [7, 11) is 0. The van der Waals surface area contributed by atoms with Crippen LogP contribution in [0.1, 0.15) is 46.5 Å². The second kappa shape index (κ2) is 4.30. The summed E-state index contributed by atoms with van der Waals surface area (Å²) in [5.74, 6) is -0.0756. The molecule has 0 heterocycles. The van der Waals surface area contributed by atoms with Crippen LogP contribution in [0, 0.1) is 5.92 Å². The number of aliphatic hydroxyl groups is 1. The first-order valence-electron chi connectivity index (χ1n) is 5.28. The lowest BCUT2D eigenvalue weighted by atomic mass is 10.0. The zero-order valence-electron chi connectivity index (χ0n) is 9.25. The molecule has 1 fully saturated rings. The fraction of sp³-hybridized carbons (Fsp3) is 0.909. The van der Waals surface area contributed by atoms with Crippen molar-refractivity contribution in [2.24, 2.45) is 5.92 Å². The Morgan fingerprint density at radius 3 is 2.50 bits per heavy atom. The lowest BCUT2D eigenvalue weighted by Gasteiger charge is -2.21. The molecule has 0 aliphatic heterocycles. The normalized spacial score (nSPS) is 27.7. The van der Waals surface area contributed by atoms with Crippen molar-refractivity contribution < 1.29 is 14.6 Å². The van der Waals surface area contributed by atoms with Gasteiger partial charge in [-0.25, -0.2) is 0 Å². The molecule has 1 aliphatic carbocycles. The van der Waals surface area contributed by atoms with Gasteiger partial charge in [-0.05, 0) is 39.5 Å². The Kier molecular flexibility index (Phi) is 3.53. The van der Waals surface area contributed by atoms with E-state index in [9.17, 15) is 9.90 Å². The molecule has 3 heteroatoms. The van der Waals surface area contributed by atoms with E-state index in [1.807, 2.05) is 20.8 Å². The maximum Gasteiger partial charge on any atom is 0.306 e. The van der Waals surface area contributed by atoms with E-state index in [-0.39, 0.29) is 18.0 Å². The third kappa shape index (κ3) is 3.66. The number of carbonyl (C=O) groups is 1. The Morgan fingerprint density at radius 1 is 1.43 bits per heavy atom. The molecule has 0 aromatic heterocycles. The van der Waals surface area contributed by atoms with Gasteiger partial charge in [0.25, 0.3) is 0 Å². The SMILES string of the molecule is CC(C)(C)OC(=O)C[C@@H]1CCC[C@H]1O. The standard InChI is InChI=1S/C11H20O3/c1-11(2,3)14-10(13)7-8-5-4-6-9(8)12/h8-9,12H,4-7H2,1-3H3/t8-,9+/m0/s1. The molecule has 0 aromatic rings. The van der Waals surface area contributed by atoms with Gasteiger partial charge in [0.1, 0.15) is 5.60 Å². The minimum Gasteiger partial charge on any atom is -0.460 e. The fourth-order valence-corrected chi connectivity index (χ4v) is 1.85. The van der Waals surface area contributed by atoms with Crippen molar-refractivity contribution in [3.63, 3.8) is 0 Å². The molecule has 3 nitrogen and oxygen atoms in total. The summed E-state index contributed by atoms with van der Waals surface area (Å²) in [4.78, 5) is 11.4. The van der Waals surface area contributed by atoms with Crippen molar-refractivity contribution in [3.8, 4) is 0 Å². The lowest BCUT2D eigenvalue weighted by Crippen LogP contribution is -2.26. The molecule has 0 aromatic carbocycles. The van der Waals surface area contributed by atoms with Crippen LogP contribution >= 0.6 is 0 Å². The van der Waals surface area contributed by atoms with E-state index < -0.39 is 5.60 Å². The van der Waals surface area contributed by atoms with Crippen molar-refractivity contribution in [2.45, 2.75) is 58.2 Å². The highest BCUT2D eigenvalue weighted by Crippen LogP contribution is 2.28. The van der Waals surface area contributed by atoms with Gasteiger partial charge in [-0.15, -0.1) is 0 Å². The molecule has 1 N–H and O–H groups in total. The van der Waals surface area contributed by atoms with E-state index in [1.54, 1.807) is 0 Å². The molecular weight excluding hydrogens is 180 g/mol. The van der Waals surface area contributed by atoms with E-state index in [0.29, 0.717) is 6.42 Å². The number of ether oxygens (including phenoxy) is 1. The van der Waals surface area contributed by atoms with Crippen molar-refractivity contribution in [1.82, 2.24) is 0 Å². The molecule has 82 valence electrons. The predicted molar refractivity (Wildman–Crippen MR) is 53.8 cm³/mol. The number of hydrogen-bond acceptors (Lipinski definition) is 3. The number of rotatable bonds is 2. The van der Waals surface area contributed by atoms with Crippen LogP contribution in [0.2, 0.25) is 0 Å². The van der Waals surface area contributed by atoms with Crippen LogP contribution in [-0.4, -0.2) is 22.8 Å². The van der Waals surface area contributed by atoms with Crippen LogP contribution in [0.5, 0.6) is 0 Å². The number of aliphatic hydroxyl groups excluding tert-OH is 1. The Labute approximate surface area is 85.5 Å². The zero-order valence-corrected chi connectivity index (χ0v) is 9.25. The van der Waals surface area contributed by atoms with E-state index in [2.05, 4.69) is 0 Å². The number of carbonyl (C=O) groups excluding carboxylic acids is 1. The minimum absolute atomic E-state index is 0.116. The quantitative estimate of drug-likeness (QED) is 0.692. The van der Waals surface area contributed by atoms with Crippen LogP contribution in [0.25, 0.3) is 0 Å². The highest BCUT2D eigenvalue weighted by Gasteiger charge is 2.29. The summed E-state index contributed by atoms with van der Waals surface area (Å²) in [6, 6.07) is 0. The number of hydrogen-bond donors (Lipinski definition) is 1. The van der Waals surface area contributed by atoms with E-state index in [4.69, 9.17) is 4.74 Å². The zero-order chi connectivity index (χ0) is 10.8. The molecule has 0 radical (unpaired) electrons. The molecule has 0 unspecified atom stereocenters. The number of esters is 1. The third-order valence-electron chi connectivity index (χ3n) is 2.47. The Balaban J connectivity index is 2.33. The summed E-state index contributed by atoms with van der Waals surface area (Å²) in [5, 5.41) is 9.53. The van der Waals surface area contributed by atoms with Crippen molar-refractivity contribution in [3.05, 3.63) is 0 Å². The molecule has 0 saturated heterocycles. The van der Waals surface area contributed by atoms with Crippen LogP contribution in [0.3, 0.4) is 0 Å². The van der Waals surface area contributed by atoms with Crippen LogP contribution in [0.4, 0.5) is 0 Å². The van der Waals surface area contributed by atoms with Gasteiger partial charge in [0.05, 0.1) is 12.5 Å². The van der Waals surface area contributed by atoms with Gasteiger partial charge in [-0.2, -0.15) is 0 Å². The van der Waals surface area contributed by atoms with Crippen molar-refractivity contribution in [1.29, 1.82) is 0 Å². The van der Waals surface area contributed by atoms with Gasteiger partial charge in [0.2, 0.25) is 0 Å². The summed E-state index contributed by atoms with van der Waals surface area (Å²) >= 11 is 0.